The van der Waals surface area contributed by atoms with Gasteiger partial charge < -0.3 is 9.15 Å². The molecular formula is C11H10BrClN2O3. The van der Waals surface area contributed by atoms with Crippen molar-refractivity contribution in [2.75, 3.05) is 13.7 Å². The van der Waals surface area contributed by atoms with Crippen molar-refractivity contribution in [2.24, 2.45) is 0 Å². The van der Waals surface area contributed by atoms with Crippen LogP contribution >= 0.6 is 27.5 Å². The van der Waals surface area contributed by atoms with E-state index >= 15 is 0 Å². The molecule has 0 aliphatic rings. The van der Waals surface area contributed by atoms with Crippen LogP contribution in [0.3, 0.4) is 0 Å². The molecule has 0 saturated heterocycles. The Kier molecular flexibility index (Phi) is 4.21. The molecule has 18 heavy (non-hydrogen) atoms. The van der Waals surface area contributed by atoms with Crippen LogP contribution in [-0.4, -0.2) is 29.3 Å². The van der Waals surface area contributed by atoms with Gasteiger partial charge in [0, 0.05) is 7.11 Å². The molecule has 0 amide bonds. The highest BCUT2D eigenvalue weighted by Gasteiger charge is 2.21. The van der Waals surface area contributed by atoms with Crippen LogP contribution in [0.4, 0.5) is 0 Å². The number of ether oxygens (including phenoxy) is 1. The lowest BCUT2D eigenvalue weighted by atomic mass is 10.2. The average Bonchev–Trinajstić information content (AvgIpc) is 2.92. The highest BCUT2D eigenvalue weighted by Crippen LogP contribution is 2.22. The van der Waals surface area contributed by atoms with Crippen molar-refractivity contribution in [3.8, 4) is 0 Å². The molecule has 0 aliphatic heterocycles. The summed E-state index contributed by atoms with van der Waals surface area (Å²) in [6.07, 6.45) is 1.43. The molecule has 0 aliphatic carbocycles. The summed E-state index contributed by atoms with van der Waals surface area (Å²) in [4.78, 5) is 12.2. The number of aromatic nitrogens is 2. The standard InChI is InChI=1S/C11H10BrClN2O3/c1-17-5-4-15-10(7(13)6-14-15)11(16)8-2-3-9(12)18-8/h2-3,6H,4-5H2,1H3. The topological polar surface area (TPSA) is 57.3 Å². The van der Waals surface area contributed by atoms with Crippen LogP contribution < -0.4 is 0 Å². The average molecular weight is 334 g/mol. The molecule has 0 aromatic carbocycles. The molecule has 96 valence electrons. The van der Waals surface area contributed by atoms with E-state index in [1.165, 1.54) is 10.9 Å². The minimum Gasteiger partial charge on any atom is -0.446 e. The van der Waals surface area contributed by atoms with Gasteiger partial charge in [0.25, 0.3) is 0 Å². The summed E-state index contributed by atoms with van der Waals surface area (Å²) >= 11 is 9.13. The number of carbonyl (C=O) groups is 1. The predicted octanol–water partition coefficient (Wildman–Crippen LogP) is 2.77. The molecule has 2 rings (SSSR count). The predicted molar refractivity (Wildman–Crippen MR) is 69.0 cm³/mol. The second-order valence-corrected chi connectivity index (χ2v) is 4.68. The van der Waals surface area contributed by atoms with Gasteiger partial charge in [0.1, 0.15) is 5.69 Å². The highest BCUT2D eigenvalue weighted by molar-refractivity contribution is 9.10. The van der Waals surface area contributed by atoms with Gasteiger partial charge in [-0.25, -0.2) is 0 Å². The summed E-state index contributed by atoms with van der Waals surface area (Å²) in [5, 5.41) is 4.33. The number of nitrogens with zero attached hydrogens (tertiary/aromatic N) is 2. The number of carbonyl (C=O) groups excluding carboxylic acids is 1. The summed E-state index contributed by atoms with van der Waals surface area (Å²) < 4.78 is 12.2. The lowest BCUT2D eigenvalue weighted by molar-refractivity contribution is 0.0994. The van der Waals surface area contributed by atoms with E-state index in [0.29, 0.717) is 28.5 Å². The van der Waals surface area contributed by atoms with Crippen LogP contribution in [0.15, 0.2) is 27.4 Å². The van der Waals surface area contributed by atoms with Gasteiger partial charge in [-0.1, -0.05) is 11.6 Å². The van der Waals surface area contributed by atoms with E-state index in [1.807, 2.05) is 0 Å². The first-order valence-electron chi connectivity index (χ1n) is 5.13. The van der Waals surface area contributed by atoms with Gasteiger partial charge in [0.15, 0.2) is 10.4 Å². The second kappa shape index (κ2) is 5.69. The van der Waals surface area contributed by atoms with Gasteiger partial charge in [-0.3, -0.25) is 9.48 Å². The van der Waals surface area contributed by atoms with Crippen molar-refractivity contribution in [1.29, 1.82) is 0 Å². The van der Waals surface area contributed by atoms with Gasteiger partial charge in [0.05, 0.1) is 24.4 Å². The number of methoxy groups -OCH3 is 1. The van der Waals surface area contributed by atoms with Crippen LogP contribution in [0, 0.1) is 0 Å². The number of rotatable bonds is 5. The third-order valence-corrected chi connectivity index (χ3v) is 3.02. The summed E-state index contributed by atoms with van der Waals surface area (Å²) in [6.45, 7) is 0.895. The molecule has 0 spiro atoms. The zero-order valence-corrected chi connectivity index (χ0v) is 11.9. The quantitative estimate of drug-likeness (QED) is 0.790. The minimum absolute atomic E-state index is 0.211. The fourth-order valence-corrected chi connectivity index (χ4v) is 2.02. The Labute approximate surface area is 117 Å². The lowest BCUT2D eigenvalue weighted by Gasteiger charge is -2.05. The minimum atomic E-state index is -0.306. The smallest absolute Gasteiger partial charge is 0.247 e. The maximum absolute atomic E-state index is 12.2. The van der Waals surface area contributed by atoms with E-state index in [0.717, 1.165) is 0 Å². The molecule has 2 heterocycles. The molecular weight excluding hydrogens is 323 g/mol. The van der Waals surface area contributed by atoms with E-state index in [2.05, 4.69) is 21.0 Å². The normalized spacial score (nSPS) is 10.8. The lowest BCUT2D eigenvalue weighted by Crippen LogP contribution is -2.14. The number of hydrogen-bond donors (Lipinski definition) is 0. The van der Waals surface area contributed by atoms with Crippen LogP contribution in [0.2, 0.25) is 5.02 Å². The van der Waals surface area contributed by atoms with Gasteiger partial charge in [-0.05, 0) is 28.1 Å². The van der Waals surface area contributed by atoms with E-state index in [4.69, 9.17) is 20.8 Å². The van der Waals surface area contributed by atoms with Gasteiger partial charge in [-0.15, -0.1) is 0 Å². The molecule has 0 saturated carbocycles. The Morgan fingerprint density at radius 3 is 3.00 bits per heavy atom. The van der Waals surface area contributed by atoms with E-state index in [1.54, 1.807) is 19.2 Å². The number of hydrogen-bond acceptors (Lipinski definition) is 4. The zero-order chi connectivity index (χ0) is 13.1. The van der Waals surface area contributed by atoms with Crippen LogP contribution in [0.5, 0.6) is 0 Å². The zero-order valence-electron chi connectivity index (χ0n) is 9.52. The number of halogens is 2. The molecule has 0 unspecified atom stereocenters. The largest absolute Gasteiger partial charge is 0.446 e. The number of furan rings is 1. The van der Waals surface area contributed by atoms with Crippen molar-refractivity contribution in [3.05, 3.63) is 39.5 Å². The fourth-order valence-electron chi connectivity index (χ4n) is 1.49. The fraction of sp³-hybridized carbons (Fsp3) is 0.273. The van der Waals surface area contributed by atoms with E-state index in [9.17, 15) is 4.79 Å². The SMILES string of the molecule is COCCn1ncc(Cl)c1C(=O)c1ccc(Br)o1. The molecule has 2 aromatic heterocycles. The van der Waals surface area contributed by atoms with Crippen molar-refractivity contribution < 1.29 is 13.9 Å². The Morgan fingerprint density at radius 1 is 1.61 bits per heavy atom. The number of ketones is 1. The van der Waals surface area contributed by atoms with Gasteiger partial charge in [0.2, 0.25) is 5.78 Å². The molecule has 0 atom stereocenters. The first kappa shape index (κ1) is 13.3. The molecule has 0 fully saturated rings. The molecule has 5 nitrogen and oxygen atoms in total. The Hall–Kier alpha value is -1.11. The molecule has 0 N–H and O–H groups in total. The summed E-state index contributed by atoms with van der Waals surface area (Å²) in [5.74, 6) is -0.0951. The summed E-state index contributed by atoms with van der Waals surface area (Å²) in [7, 11) is 1.58. The maximum Gasteiger partial charge on any atom is 0.247 e. The third-order valence-electron chi connectivity index (χ3n) is 2.31. The first-order valence-corrected chi connectivity index (χ1v) is 6.31. The van der Waals surface area contributed by atoms with Gasteiger partial charge in [-0.2, -0.15) is 5.10 Å². The van der Waals surface area contributed by atoms with Crippen molar-refractivity contribution >= 4 is 33.3 Å². The van der Waals surface area contributed by atoms with E-state index in [-0.39, 0.29) is 11.5 Å². The summed E-state index contributed by atoms with van der Waals surface area (Å²) in [6, 6.07) is 3.23. The molecule has 2 aromatic rings. The van der Waals surface area contributed by atoms with Crippen LogP contribution in [0.25, 0.3) is 0 Å². The van der Waals surface area contributed by atoms with Crippen LogP contribution in [-0.2, 0) is 11.3 Å². The third kappa shape index (κ3) is 2.66. The highest BCUT2D eigenvalue weighted by atomic mass is 79.9. The Morgan fingerprint density at radius 2 is 2.39 bits per heavy atom. The summed E-state index contributed by atoms with van der Waals surface area (Å²) in [5.41, 5.74) is 0.301. The second-order valence-electron chi connectivity index (χ2n) is 3.49. The molecule has 0 radical (unpaired) electrons. The molecule has 0 bridgehead atoms. The van der Waals surface area contributed by atoms with Crippen molar-refractivity contribution in [1.82, 2.24) is 9.78 Å². The molecule has 7 heteroatoms. The van der Waals surface area contributed by atoms with Crippen molar-refractivity contribution in [2.45, 2.75) is 6.54 Å². The Balaban J connectivity index is 2.32. The Bertz CT molecular complexity index is 564. The first-order chi connectivity index (χ1) is 8.63. The van der Waals surface area contributed by atoms with Crippen molar-refractivity contribution in [3.63, 3.8) is 0 Å². The van der Waals surface area contributed by atoms with E-state index < -0.39 is 0 Å². The van der Waals surface area contributed by atoms with Gasteiger partial charge >= 0.3 is 0 Å². The van der Waals surface area contributed by atoms with Crippen LogP contribution in [0.1, 0.15) is 16.2 Å². The maximum atomic E-state index is 12.2. The monoisotopic (exact) mass is 332 g/mol.